The third kappa shape index (κ3) is 4.53. The summed E-state index contributed by atoms with van der Waals surface area (Å²) in [5, 5.41) is 10.2. The van der Waals surface area contributed by atoms with Crippen LogP contribution >= 0.6 is 11.8 Å². The van der Waals surface area contributed by atoms with Crippen molar-refractivity contribution in [1.29, 1.82) is 0 Å². The van der Waals surface area contributed by atoms with E-state index < -0.39 is 6.10 Å². The van der Waals surface area contributed by atoms with Gasteiger partial charge in [0, 0.05) is 24.9 Å². The maximum Gasteiger partial charge on any atom is 0.132 e. The number of hydrogen-bond donors (Lipinski definition) is 1. The SMILES string of the molecule is CCSCCN1CCOCC1CC(O)c1ccco1. The van der Waals surface area contributed by atoms with Crippen LogP contribution in [0, 0.1) is 0 Å². The molecular formula is C14H23NO3S. The second kappa shape index (κ2) is 7.94. The van der Waals surface area contributed by atoms with Crippen LogP contribution < -0.4 is 0 Å². The Labute approximate surface area is 119 Å². The van der Waals surface area contributed by atoms with Gasteiger partial charge in [0.05, 0.1) is 19.5 Å². The molecule has 0 aromatic carbocycles. The van der Waals surface area contributed by atoms with Gasteiger partial charge in [0.15, 0.2) is 0 Å². The number of ether oxygens (including phenoxy) is 1. The zero-order valence-electron chi connectivity index (χ0n) is 11.5. The fourth-order valence-corrected chi connectivity index (χ4v) is 3.03. The van der Waals surface area contributed by atoms with E-state index in [1.807, 2.05) is 23.9 Å². The number of nitrogens with zero attached hydrogens (tertiary/aromatic N) is 1. The van der Waals surface area contributed by atoms with Gasteiger partial charge in [0.25, 0.3) is 0 Å². The van der Waals surface area contributed by atoms with Crippen molar-refractivity contribution in [1.82, 2.24) is 4.90 Å². The number of aliphatic hydroxyl groups excluding tert-OH is 1. The number of aliphatic hydroxyl groups is 1. The van der Waals surface area contributed by atoms with E-state index in [0.717, 1.165) is 31.2 Å². The largest absolute Gasteiger partial charge is 0.467 e. The topological polar surface area (TPSA) is 45.8 Å². The summed E-state index contributed by atoms with van der Waals surface area (Å²) in [4.78, 5) is 2.43. The molecule has 0 aliphatic carbocycles. The first kappa shape index (κ1) is 14.9. The minimum Gasteiger partial charge on any atom is -0.467 e. The van der Waals surface area contributed by atoms with Crippen molar-refractivity contribution in [2.45, 2.75) is 25.5 Å². The van der Waals surface area contributed by atoms with Crippen molar-refractivity contribution < 1.29 is 14.3 Å². The van der Waals surface area contributed by atoms with Crippen LogP contribution in [-0.4, -0.2) is 53.9 Å². The Morgan fingerprint density at radius 1 is 1.58 bits per heavy atom. The molecule has 0 radical (unpaired) electrons. The minimum atomic E-state index is -0.539. The molecule has 0 amide bonds. The Kier molecular flexibility index (Phi) is 6.23. The Bertz CT molecular complexity index is 344. The molecule has 1 saturated heterocycles. The first-order valence-electron chi connectivity index (χ1n) is 6.92. The second-order valence-corrected chi connectivity index (χ2v) is 6.12. The number of thioether (sulfide) groups is 1. The maximum atomic E-state index is 10.2. The summed E-state index contributed by atoms with van der Waals surface area (Å²) in [6, 6.07) is 3.92. The molecule has 1 aromatic heterocycles. The lowest BCUT2D eigenvalue weighted by Gasteiger charge is -2.36. The molecule has 2 heterocycles. The fourth-order valence-electron chi connectivity index (χ4n) is 2.38. The average Bonchev–Trinajstić information content (AvgIpc) is 2.95. The molecule has 19 heavy (non-hydrogen) atoms. The lowest BCUT2D eigenvalue weighted by Crippen LogP contribution is -2.47. The van der Waals surface area contributed by atoms with Crippen LogP contribution in [0.15, 0.2) is 22.8 Å². The minimum absolute atomic E-state index is 0.284. The van der Waals surface area contributed by atoms with Gasteiger partial charge in [-0.05, 0) is 24.3 Å². The van der Waals surface area contributed by atoms with Crippen molar-refractivity contribution >= 4 is 11.8 Å². The highest BCUT2D eigenvalue weighted by Gasteiger charge is 2.26. The van der Waals surface area contributed by atoms with Gasteiger partial charge in [0.2, 0.25) is 0 Å². The zero-order valence-corrected chi connectivity index (χ0v) is 12.3. The van der Waals surface area contributed by atoms with E-state index in [9.17, 15) is 5.11 Å². The molecule has 1 fully saturated rings. The number of hydrogen-bond acceptors (Lipinski definition) is 5. The van der Waals surface area contributed by atoms with E-state index >= 15 is 0 Å². The molecule has 2 unspecified atom stereocenters. The van der Waals surface area contributed by atoms with Crippen molar-refractivity contribution in [2.75, 3.05) is 37.8 Å². The van der Waals surface area contributed by atoms with E-state index in [0.29, 0.717) is 18.8 Å². The average molecular weight is 285 g/mol. The zero-order chi connectivity index (χ0) is 13.5. The summed E-state index contributed by atoms with van der Waals surface area (Å²) in [6.45, 7) is 5.71. The van der Waals surface area contributed by atoms with Crippen LogP contribution in [0.4, 0.5) is 0 Å². The van der Waals surface area contributed by atoms with E-state index in [1.165, 1.54) is 0 Å². The van der Waals surface area contributed by atoms with Gasteiger partial charge in [0.1, 0.15) is 11.9 Å². The lowest BCUT2D eigenvalue weighted by atomic mass is 10.1. The van der Waals surface area contributed by atoms with Crippen LogP contribution in [-0.2, 0) is 4.74 Å². The molecule has 2 atom stereocenters. The van der Waals surface area contributed by atoms with Gasteiger partial charge in [-0.1, -0.05) is 6.92 Å². The van der Waals surface area contributed by atoms with E-state index in [4.69, 9.17) is 9.15 Å². The monoisotopic (exact) mass is 285 g/mol. The molecule has 0 spiro atoms. The second-order valence-electron chi connectivity index (χ2n) is 4.73. The third-order valence-electron chi connectivity index (χ3n) is 3.44. The summed E-state index contributed by atoms with van der Waals surface area (Å²) in [6.07, 6.45) is 1.73. The Hall–Kier alpha value is -0.490. The van der Waals surface area contributed by atoms with Crippen LogP contribution in [0.25, 0.3) is 0 Å². The quantitative estimate of drug-likeness (QED) is 0.778. The molecular weight excluding hydrogens is 262 g/mol. The first-order chi connectivity index (χ1) is 9.31. The van der Waals surface area contributed by atoms with Crippen LogP contribution in [0.3, 0.4) is 0 Å². The van der Waals surface area contributed by atoms with E-state index in [2.05, 4.69) is 11.8 Å². The lowest BCUT2D eigenvalue weighted by molar-refractivity contribution is -0.0256. The molecule has 1 N–H and O–H groups in total. The van der Waals surface area contributed by atoms with E-state index in [-0.39, 0.29) is 6.04 Å². The normalized spacial score (nSPS) is 22.5. The Morgan fingerprint density at radius 2 is 2.47 bits per heavy atom. The highest BCUT2D eigenvalue weighted by Crippen LogP contribution is 2.23. The van der Waals surface area contributed by atoms with Crippen LogP contribution in [0.2, 0.25) is 0 Å². The third-order valence-corrected chi connectivity index (χ3v) is 4.32. The van der Waals surface area contributed by atoms with Crippen LogP contribution in [0.5, 0.6) is 0 Å². The molecule has 0 saturated carbocycles. The summed E-state index contributed by atoms with van der Waals surface area (Å²) < 4.78 is 10.8. The predicted molar refractivity (Wildman–Crippen MR) is 77.5 cm³/mol. The van der Waals surface area contributed by atoms with Crippen LogP contribution in [0.1, 0.15) is 25.2 Å². The Balaban J connectivity index is 1.84. The van der Waals surface area contributed by atoms with Gasteiger partial charge >= 0.3 is 0 Å². The molecule has 1 aromatic rings. The predicted octanol–water partition coefficient (Wildman–Crippen LogP) is 2.16. The highest BCUT2D eigenvalue weighted by molar-refractivity contribution is 7.99. The Morgan fingerprint density at radius 3 is 3.21 bits per heavy atom. The number of rotatable bonds is 7. The molecule has 0 bridgehead atoms. The summed E-state index contributed by atoms with van der Waals surface area (Å²) in [7, 11) is 0. The standard InChI is InChI=1S/C14H23NO3S/c1-2-19-9-6-15-5-8-17-11-12(15)10-13(16)14-4-3-7-18-14/h3-4,7,12-13,16H,2,5-6,8-11H2,1H3. The first-order valence-corrected chi connectivity index (χ1v) is 8.07. The fraction of sp³-hybridized carbons (Fsp3) is 0.714. The van der Waals surface area contributed by atoms with Crippen molar-refractivity contribution in [2.24, 2.45) is 0 Å². The number of morpholine rings is 1. The molecule has 1 aliphatic heterocycles. The number of furan rings is 1. The summed E-state index contributed by atoms with van der Waals surface area (Å²) in [5.41, 5.74) is 0. The summed E-state index contributed by atoms with van der Waals surface area (Å²) in [5.74, 6) is 2.95. The van der Waals surface area contributed by atoms with Gasteiger partial charge in [-0.25, -0.2) is 0 Å². The van der Waals surface area contributed by atoms with Crippen molar-refractivity contribution in [3.05, 3.63) is 24.2 Å². The van der Waals surface area contributed by atoms with Crippen molar-refractivity contribution in [3.8, 4) is 0 Å². The highest BCUT2D eigenvalue weighted by atomic mass is 32.2. The van der Waals surface area contributed by atoms with Gasteiger partial charge in [-0.3, -0.25) is 4.90 Å². The molecule has 2 rings (SSSR count). The van der Waals surface area contributed by atoms with E-state index in [1.54, 1.807) is 6.26 Å². The van der Waals surface area contributed by atoms with Crippen molar-refractivity contribution in [3.63, 3.8) is 0 Å². The molecule has 5 heteroatoms. The molecule has 108 valence electrons. The molecule has 4 nitrogen and oxygen atoms in total. The molecule has 1 aliphatic rings. The summed E-state index contributed by atoms with van der Waals surface area (Å²) >= 11 is 1.96. The smallest absolute Gasteiger partial charge is 0.132 e. The maximum absolute atomic E-state index is 10.2. The van der Waals surface area contributed by atoms with Gasteiger partial charge in [-0.2, -0.15) is 11.8 Å². The van der Waals surface area contributed by atoms with Gasteiger partial charge in [-0.15, -0.1) is 0 Å². The van der Waals surface area contributed by atoms with Gasteiger partial charge < -0.3 is 14.3 Å².